The van der Waals surface area contributed by atoms with Crippen molar-refractivity contribution in [2.24, 2.45) is 0 Å². The Bertz CT molecular complexity index is 663. The highest BCUT2D eigenvalue weighted by Gasteiger charge is 2.37. The van der Waals surface area contributed by atoms with Crippen molar-refractivity contribution in [3.63, 3.8) is 0 Å². The number of carbonyl (C=O) groups excluding carboxylic acids is 1. The highest BCUT2D eigenvalue weighted by molar-refractivity contribution is 5.83. The third kappa shape index (κ3) is 2.60. The highest BCUT2D eigenvalue weighted by atomic mass is 16.5. The molecule has 0 bridgehead atoms. The molecule has 1 aromatic heterocycles. The zero-order valence-electron chi connectivity index (χ0n) is 12.6. The Balaban J connectivity index is 1.64. The van der Waals surface area contributed by atoms with E-state index in [9.17, 15) is 9.90 Å². The van der Waals surface area contributed by atoms with Gasteiger partial charge in [-0.25, -0.2) is 0 Å². The number of nitrogens with one attached hydrogen (secondary N) is 1. The van der Waals surface area contributed by atoms with Gasteiger partial charge in [-0.05, 0) is 25.1 Å². The van der Waals surface area contributed by atoms with Crippen LogP contribution < -0.4 is 10.1 Å². The number of hydrogen-bond donors (Lipinski definition) is 2. The summed E-state index contributed by atoms with van der Waals surface area (Å²) in [6, 6.07) is 11.0. The number of benzene rings is 1. The molecule has 5 heteroatoms. The molecule has 1 amide bonds. The van der Waals surface area contributed by atoms with Crippen LogP contribution in [0.2, 0.25) is 0 Å². The van der Waals surface area contributed by atoms with Gasteiger partial charge in [0.05, 0.1) is 12.8 Å². The van der Waals surface area contributed by atoms with Gasteiger partial charge in [-0.1, -0.05) is 25.1 Å². The van der Waals surface area contributed by atoms with E-state index in [4.69, 9.17) is 9.15 Å². The van der Waals surface area contributed by atoms with Gasteiger partial charge >= 0.3 is 0 Å². The molecule has 0 aliphatic carbocycles. The number of aliphatic hydroxyl groups is 1. The molecule has 0 fully saturated rings. The molecule has 0 radical (unpaired) electrons. The van der Waals surface area contributed by atoms with Crippen molar-refractivity contribution < 1.29 is 19.1 Å². The van der Waals surface area contributed by atoms with Crippen LogP contribution in [0, 0.1) is 0 Å². The number of para-hydroxylation sites is 1. The van der Waals surface area contributed by atoms with Gasteiger partial charge in [-0.3, -0.25) is 4.79 Å². The summed E-state index contributed by atoms with van der Waals surface area (Å²) in [6.07, 6.45) is 0.912. The summed E-state index contributed by atoms with van der Waals surface area (Å²) in [5.41, 5.74) is -0.228. The molecule has 3 atom stereocenters. The summed E-state index contributed by atoms with van der Waals surface area (Å²) in [7, 11) is 0. The van der Waals surface area contributed by atoms with E-state index in [1.54, 1.807) is 19.1 Å². The second kappa shape index (κ2) is 5.50. The molecule has 0 spiro atoms. The molecule has 3 unspecified atom stereocenters. The van der Waals surface area contributed by atoms with Gasteiger partial charge < -0.3 is 19.6 Å². The van der Waals surface area contributed by atoms with Crippen LogP contribution in [0.4, 0.5) is 0 Å². The first-order chi connectivity index (χ1) is 10.5. The third-order valence-corrected chi connectivity index (χ3v) is 4.03. The van der Waals surface area contributed by atoms with Crippen molar-refractivity contribution in [1.29, 1.82) is 0 Å². The minimum Gasteiger partial charge on any atom is -0.480 e. The van der Waals surface area contributed by atoms with E-state index in [1.165, 1.54) is 6.26 Å². The summed E-state index contributed by atoms with van der Waals surface area (Å²) >= 11 is 0. The maximum Gasteiger partial charge on any atom is 0.261 e. The molecule has 5 nitrogen and oxygen atoms in total. The smallest absolute Gasteiger partial charge is 0.261 e. The van der Waals surface area contributed by atoms with E-state index < -0.39 is 11.7 Å². The van der Waals surface area contributed by atoms with Crippen LogP contribution in [0.15, 0.2) is 47.1 Å². The van der Waals surface area contributed by atoms with Crippen LogP contribution in [0.3, 0.4) is 0 Å². The van der Waals surface area contributed by atoms with Gasteiger partial charge in [0.25, 0.3) is 5.91 Å². The van der Waals surface area contributed by atoms with E-state index in [-0.39, 0.29) is 18.4 Å². The Kier molecular flexibility index (Phi) is 3.66. The Hall–Kier alpha value is -2.27. The molecule has 22 heavy (non-hydrogen) atoms. The van der Waals surface area contributed by atoms with Crippen molar-refractivity contribution in [3.8, 4) is 5.75 Å². The fraction of sp³-hybridized carbons (Fsp3) is 0.353. The topological polar surface area (TPSA) is 71.7 Å². The predicted octanol–water partition coefficient (Wildman–Crippen LogP) is 2.17. The lowest BCUT2D eigenvalue weighted by Crippen LogP contribution is -2.45. The van der Waals surface area contributed by atoms with Gasteiger partial charge in [0.1, 0.15) is 17.1 Å². The Morgan fingerprint density at radius 3 is 2.77 bits per heavy atom. The quantitative estimate of drug-likeness (QED) is 0.908. The largest absolute Gasteiger partial charge is 0.480 e. The van der Waals surface area contributed by atoms with E-state index in [0.29, 0.717) is 5.76 Å². The molecule has 1 aromatic carbocycles. The minimum atomic E-state index is -1.26. The van der Waals surface area contributed by atoms with Crippen LogP contribution in [-0.4, -0.2) is 23.7 Å². The Morgan fingerprint density at radius 1 is 1.32 bits per heavy atom. The van der Waals surface area contributed by atoms with E-state index >= 15 is 0 Å². The molecule has 3 rings (SSSR count). The first-order valence-electron chi connectivity index (χ1n) is 7.29. The monoisotopic (exact) mass is 301 g/mol. The summed E-state index contributed by atoms with van der Waals surface area (Å²) in [6.45, 7) is 3.61. The highest BCUT2D eigenvalue weighted by Crippen LogP contribution is 2.37. The maximum atomic E-state index is 12.4. The molecule has 2 N–H and O–H groups in total. The summed E-state index contributed by atoms with van der Waals surface area (Å²) in [4.78, 5) is 12.4. The number of ether oxygens (including phenoxy) is 1. The van der Waals surface area contributed by atoms with Crippen molar-refractivity contribution in [1.82, 2.24) is 5.32 Å². The second-order valence-electron chi connectivity index (χ2n) is 5.83. The number of furan rings is 1. The lowest BCUT2D eigenvalue weighted by molar-refractivity contribution is -0.129. The minimum absolute atomic E-state index is 0.0234. The summed E-state index contributed by atoms with van der Waals surface area (Å²) in [5.74, 6) is 0.893. The number of fused-ring (bicyclic) bond motifs is 1. The van der Waals surface area contributed by atoms with E-state index in [2.05, 4.69) is 5.32 Å². The molecule has 2 aromatic rings. The number of rotatable bonds is 4. The molecular formula is C17H19NO4. The molecular weight excluding hydrogens is 282 g/mol. The normalized spacial score (nSPS) is 22.5. The van der Waals surface area contributed by atoms with E-state index in [1.807, 2.05) is 31.2 Å². The van der Waals surface area contributed by atoms with Crippen LogP contribution in [0.25, 0.3) is 0 Å². The third-order valence-electron chi connectivity index (χ3n) is 4.03. The lowest BCUT2D eigenvalue weighted by atomic mass is 9.97. The van der Waals surface area contributed by atoms with Gasteiger partial charge in [-0.15, -0.1) is 0 Å². The summed E-state index contributed by atoms with van der Waals surface area (Å²) in [5, 5.41) is 13.1. The SMILES string of the molecule is CC1c2ccccc2OC1C(=O)NCC(C)(O)c1ccco1. The van der Waals surface area contributed by atoms with Crippen LogP contribution in [0.5, 0.6) is 5.75 Å². The first kappa shape index (κ1) is 14.7. The fourth-order valence-corrected chi connectivity index (χ4v) is 2.68. The second-order valence-corrected chi connectivity index (χ2v) is 5.83. The predicted molar refractivity (Wildman–Crippen MR) is 80.6 cm³/mol. The standard InChI is InChI=1S/C17H19NO4/c1-11-12-6-3-4-7-13(12)22-15(11)16(19)18-10-17(2,20)14-8-5-9-21-14/h3-9,11,15,20H,10H2,1-2H3,(H,18,19). The molecule has 0 saturated carbocycles. The molecule has 2 heterocycles. The van der Waals surface area contributed by atoms with Crippen LogP contribution in [0.1, 0.15) is 31.1 Å². The van der Waals surface area contributed by atoms with Crippen molar-refractivity contribution in [3.05, 3.63) is 54.0 Å². The number of carbonyl (C=O) groups is 1. The van der Waals surface area contributed by atoms with Crippen molar-refractivity contribution in [2.45, 2.75) is 31.5 Å². The van der Waals surface area contributed by atoms with E-state index in [0.717, 1.165) is 11.3 Å². The van der Waals surface area contributed by atoms with Gasteiger partial charge in [0, 0.05) is 11.5 Å². The zero-order valence-corrected chi connectivity index (χ0v) is 12.6. The average Bonchev–Trinajstić information content (AvgIpc) is 3.14. The van der Waals surface area contributed by atoms with Crippen molar-refractivity contribution >= 4 is 5.91 Å². The van der Waals surface area contributed by atoms with Gasteiger partial charge in [-0.2, -0.15) is 0 Å². The first-order valence-corrected chi connectivity index (χ1v) is 7.29. The zero-order chi connectivity index (χ0) is 15.7. The molecule has 116 valence electrons. The van der Waals surface area contributed by atoms with Crippen molar-refractivity contribution in [2.75, 3.05) is 6.54 Å². The van der Waals surface area contributed by atoms with Crippen LogP contribution in [-0.2, 0) is 10.4 Å². The Labute approximate surface area is 128 Å². The fourth-order valence-electron chi connectivity index (χ4n) is 2.68. The van der Waals surface area contributed by atoms with Gasteiger partial charge in [0.2, 0.25) is 0 Å². The number of amides is 1. The molecule has 1 aliphatic heterocycles. The van der Waals surface area contributed by atoms with Gasteiger partial charge in [0.15, 0.2) is 6.10 Å². The Morgan fingerprint density at radius 2 is 2.09 bits per heavy atom. The van der Waals surface area contributed by atoms with Crippen LogP contribution >= 0.6 is 0 Å². The number of hydrogen-bond acceptors (Lipinski definition) is 4. The average molecular weight is 301 g/mol. The lowest BCUT2D eigenvalue weighted by Gasteiger charge is -2.23. The summed E-state index contributed by atoms with van der Waals surface area (Å²) < 4.78 is 10.9. The molecule has 1 aliphatic rings. The molecule has 0 saturated heterocycles. The maximum absolute atomic E-state index is 12.4.